The predicted octanol–water partition coefficient (Wildman–Crippen LogP) is 2.92. The van der Waals surface area contributed by atoms with Crippen LogP contribution >= 0.6 is 0 Å². The van der Waals surface area contributed by atoms with E-state index < -0.39 is 0 Å². The van der Waals surface area contributed by atoms with Crippen LogP contribution in [0.15, 0.2) is 28.8 Å². The number of rotatable bonds is 3. The Morgan fingerprint density at radius 2 is 1.76 bits per heavy atom. The number of hydrogen-bond donors (Lipinski definition) is 0. The van der Waals surface area contributed by atoms with Crippen LogP contribution in [0.1, 0.15) is 22.6 Å². The van der Waals surface area contributed by atoms with Crippen LogP contribution in [-0.2, 0) is 6.54 Å². The fourth-order valence-electron chi connectivity index (χ4n) is 3.02. The van der Waals surface area contributed by atoms with Crippen molar-refractivity contribution in [3.8, 4) is 0 Å². The fraction of sp³-hybridized carbons (Fsp3) is 0.471. The molecule has 2 aromatic rings. The van der Waals surface area contributed by atoms with Crippen molar-refractivity contribution in [2.45, 2.75) is 27.3 Å². The summed E-state index contributed by atoms with van der Waals surface area (Å²) in [5.74, 6) is 0.953. The molecule has 0 unspecified atom stereocenters. The molecule has 112 valence electrons. The Morgan fingerprint density at radius 3 is 2.38 bits per heavy atom. The Balaban J connectivity index is 1.62. The van der Waals surface area contributed by atoms with Crippen LogP contribution in [0.5, 0.6) is 0 Å². The summed E-state index contributed by atoms with van der Waals surface area (Å²) in [4.78, 5) is 4.97. The Labute approximate surface area is 126 Å². The molecule has 1 aliphatic rings. The van der Waals surface area contributed by atoms with Crippen LogP contribution in [0.3, 0.4) is 0 Å². The summed E-state index contributed by atoms with van der Waals surface area (Å²) in [5, 5.41) is 4.04. The summed E-state index contributed by atoms with van der Waals surface area (Å²) in [6.07, 6.45) is 0. The molecule has 0 spiro atoms. The van der Waals surface area contributed by atoms with Crippen LogP contribution in [0.2, 0.25) is 0 Å². The maximum Gasteiger partial charge on any atom is 0.138 e. The number of aryl methyl sites for hydroxylation is 3. The molecule has 2 heterocycles. The number of para-hydroxylation sites is 1. The van der Waals surface area contributed by atoms with E-state index in [-0.39, 0.29) is 0 Å². The molecular formula is C17H23N3O. The fourth-order valence-corrected chi connectivity index (χ4v) is 3.02. The summed E-state index contributed by atoms with van der Waals surface area (Å²) in [5.41, 5.74) is 5.00. The van der Waals surface area contributed by atoms with E-state index in [0.29, 0.717) is 0 Å². The standard InChI is InChI=1S/C17H23N3O/c1-13-6-4-5-7-17(13)20-10-8-19(9-11-20)12-16-14(2)18-21-15(16)3/h4-7H,8-12H2,1-3H3. The first-order valence-corrected chi connectivity index (χ1v) is 7.60. The lowest BCUT2D eigenvalue weighted by molar-refractivity contribution is 0.248. The second kappa shape index (κ2) is 5.90. The smallest absolute Gasteiger partial charge is 0.138 e. The highest BCUT2D eigenvalue weighted by Crippen LogP contribution is 2.22. The van der Waals surface area contributed by atoms with Crippen LogP contribution < -0.4 is 4.90 Å². The van der Waals surface area contributed by atoms with Gasteiger partial charge in [0, 0.05) is 44.0 Å². The van der Waals surface area contributed by atoms with Gasteiger partial charge in [-0.15, -0.1) is 0 Å². The van der Waals surface area contributed by atoms with Gasteiger partial charge in [0.2, 0.25) is 0 Å². The molecule has 0 bridgehead atoms. The van der Waals surface area contributed by atoms with Crippen molar-refractivity contribution in [2.75, 3.05) is 31.1 Å². The lowest BCUT2D eigenvalue weighted by Crippen LogP contribution is -2.46. The molecule has 1 aromatic heterocycles. The third-order valence-electron chi connectivity index (χ3n) is 4.39. The van der Waals surface area contributed by atoms with E-state index in [1.807, 2.05) is 13.8 Å². The Morgan fingerprint density at radius 1 is 1.05 bits per heavy atom. The quantitative estimate of drug-likeness (QED) is 0.868. The number of hydrogen-bond acceptors (Lipinski definition) is 4. The van der Waals surface area contributed by atoms with Gasteiger partial charge in [0.05, 0.1) is 5.69 Å². The van der Waals surface area contributed by atoms with Gasteiger partial charge in [0.15, 0.2) is 0 Å². The van der Waals surface area contributed by atoms with Gasteiger partial charge in [-0.1, -0.05) is 23.4 Å². The second-order valence-electron chi connectivity index (χ2n) is 5.85. The van der Waals surface area contributed by atoms with Gasteiger partial charge in [-0.3, -0.25) is 4.90 Å². The third-order valence-corrected chi connectivity index (χ3v) is 4.39. The average Bonchev–Trinajstić information content (AvgIpc) is 2.81. The molecule has 1 aromatic carbocycles. The molecule has 0 aliphatic carbocycles. The molecule has 3 rings (SSSR count). The molecule has 4 heteroatoms. The van der Waals surface area contributed by atoms with E-state index in [1.54, 1.807) is 0 Å². The van der Waals surface area contributed by atoms with Crippen molar-refractivity contribution in [1.82, 2.24) is 10.1 Å². The molecule has 1 saturated heterocycles. The SMILES string of the molecule is Cc1ccccc1N1CCN(Cc2c(C)noc2C)CC1. The van der Waals surface area contributed by atoms with Crippen LogP contribution in [0.4, 0.5) is 5.69 Å². The van der Waals surface area contributed by atoms with Crippen LogP contribution in [0.25, 0.3) is 0 Å². The topological polar surface area (TPSA) is 32.5 Å². The minimum atomic E-state index is 0.947. The van der Waals surface area contributed by atoms with E-state index in [2.05, 4.69) is 46.1 Å². The third kappa shape index (κ3) is 2.95. The highest BCUT2D eigenvalue weighted by molar-refractivity contribution is 5.53. The van der Waals surface area contributed by atoms with Gasteiger partial charge in [-0.2, -0.15) is 0 Å². The van der Waals surface area contributed by atoms with Crippen molar-refractivity contribution in [3.05, 3.63) is 46.8 Å². The first-order chi connectivity index (χ1) is 10.1. The lowest BCUT2D eigenvalue weighted by atomic mass is 10.1. The van der Waals surface area contributed by atoms with Crippen molar-refractivity contribution < 1.29 is 4.52 Å². The van der Waals surface area contributed by atoms with Gasteiger partial charge in [-0.05, 0) is 32.4 Å². The minimum absolute atomic E-state index is 0.947. The van der Waals surface area contributed by atoms with Gasteiger partial charge in [0.1, 0.15) is 5.76 Å². The molecule has 0 N–H and O–H groups in total. The molecule has 4 nitrogen and oxygen atoms in total. The normalized spacial score (nSPS) is 16.4. The van der Waals surface area contributed by atoms with E-state index in [0.717, 1.165) is 44.2 Å². The van der Waals surface area contributed by atoms with Crippen LogP contribution in [-0.4, -0.2) is 36.2 Å². The zero-order chi connectivity index (χ0) is 14.8. The van der Waals surface area contributed by atoms with Crippen molar-refractivity contribution in [2.24, 2.45) is 0 Å². The Hall–Kier alpha value is -1.81. The average molecular weight is 285 g/mol. The van der Waals surface area contributed by atoms with E-state index in [1.165, 1.54) is 16.8 Å². The summed E-state index contributed by atoms with van der Waals surface area (Å²) in [6.45, 7) is 11.5. The molecule has 21 heavy (non-hydrogen) atoms. The molecule has 0 atom stereocenters. The number of nitrogens with zero attached hydrogens (tertiary/aromatic N) is 3. The first-order valence-electron chi connectivity index (χ1n) is 7.60. The molecule has 0 radical (unpaired) electrons. The van der Waals surface area contributed by atoms with Crippen LogP contribution in [0, 0.1) is 20.8 Å². The maximum absolute atomic E-state index is 5.26. The summed E-state index contributed by atoms with van der Waals surface area (Å²) in [6, 6.07) is 8.63. The molecule has 1 fully saturated rings. The van der Waals surface area contributed by atoms with Gasteiger partial charge in [-0.25, -0.2) is 0 Å². The predicted molar refractivity (Wildman–Crippen MR) is 84.6 cm³/mol. The number of anilines is 1. The molecule has 1 aliphatic heterocycles. The summed E-state index contributed by atoms with van der Waals surface area (Å²) in [7, 11) is 0. The van der Waals surface area contributed by atoms with Crippen molar-refractivity contribution >= 4 is 5.69 Å². The number of benzene rings is 1. The summed E-state index contributed by atoms with van der Waals surface area (Å²) < 4.78 is 5.26. The van der Waals surface area contributed by atoms with E-state index >= 15 is 0 Å². The van der Waals surface area contributed by atoms with Gasteiger partial charge < -0.3 is 9.42 Å². The molecular weight excluding hydrogens is 262 g/mol. The van der Waals surface area contributed by atoms with E-state index in [9.17, 15) is 0 Å². The second-order valence-corrected chi connectivity index (χ2v) is 5.85. The minimum Gasteiger partial charge on any atom is -0.369 e. The van der Waals surface area contributed by atoms with Gasteiger partial charge >= 0.3 is 0 Å². The molecule has 0 amide bonds. The number of aromatic nitrogens is 1. The lowest BCUT2D eigenvalue weighted by Gasteiger charge is -2.36. The number of piperazine rings is 1. The van der Waals surface area contributed by atoms with E-state index in [4.69, 9.17) is 4.52 Å². The Bertz CT molecular complexity index is 593. The first kappa shape index (κ1) is 14.1. The zero-order valence-electron chi connectivity index (χ0n) is 13.1. The van der Waals surface area contributed by atoms with Gasteiger partial charge in [0.25, 0.3) is 0 Å². The largest absolute Gasteiger partial charge is 0.369 e. The zero-order valence-corrected chi connectivity index (χ0v) is 13.1. The van der Waals surface area contributed by atoms with Crippen molar-refractivity contribution in [3.63, 3.8) is 0 Å². The highest BCUT2D eigenvalue weighted by Gasteiger charge is 2.20. The van der Waals surface area contributed by atoms with Crippen molar-refractivity contribution in [1.29, 1.82) is 0 Å². The Kier molecular flexibility index (Phi) is 3.97. The monoisotopic (exact) mass is 285 g/mol. The summed E-state index contributed by atoms with van der Waals surface area (Å²) >= 11 is 0. The maximum atomic E-state index is 5.26. The molecule has 0 saturated carbocycles. The highest BCUT2D eigenvalue weighted by atomic mass is 16.5.